The first-order chi connectivity index (χ1) is 5.80. The van der Waals surface area contributed by atoms with E-state index in [1.165, 1.54) is 0 Å². The van der Waals surface area contributed by atoms with Crippen LogP contribution >= 0.6 is 0 Å². The van der Waals surface area contributed by atoms with Crippen LogP contribution in [0.1, 0.15) is 13.3 Å². The Morgan fingerprint density at radius 3 is 2.75 bits per heavy atom. The molecule has 1 saturated heterocycles. The molecule has 0 bridgehead atoms. The molecule has 3 nitrogen and oxygen atoms in total. The molecule has 0 spiro atoms. The van der Waals surface area contributed by atoms with Crippen molar-refractivity contribution < 1.29 is 4.74 Å². The summed E-state index contributed by atoms with van der Waals surface area (Å²) in [5.74, 6) is 0. The highest BCUT2D eigenvalue weighted by atomic mass is 16.5. The van der Waals surface area contributed by atoms with Crippen molar-refractivity contribution in [1.29, 1.82) is 0 Å². The van der Waals surface area contributed by atoms with E-state index in [1.807, 2.05) is 7.05 Å². The second-order valence-electron chi connectivity index (χ2n) is 3.43. The molecule has 0 aromatic heterocycles. The van der Waals surface area contributed by atoms with E-state index in [4.69, 9.17) is 4.74 Å². The van der Waals surface area contributed by atoms with Gasteiger partial charge in [0, 0.05) is 26.2 Å². The van der Waals surface area contributed by atoms with E-state index >= 15 is 0 Å². The number of likely N-dealkylation sites (tertiary alicyclic amines) is 1. The van der Waals surface area contributed by atoms with Crippen molar-refractivity contribution in [2.45, 2.75) is 25.5 Å². The molecule has 2 atom stereocenters. The van der Waals surface area contributed by atoms with Gasteiger partial charge in [0.25, 0.3) is 0 Å². The van der Waals surface area contributed by atoms with Crippen LogP contribution in [0, 0.1) is 0 Å². The maximum Gasteiger partial charge on any atom is 0.0713 e. The summed E-state index contributed by atoms with van der Waals surface area (Å²) in [6.07, 6.45) is 1.56. The number of hydrogen-bond donors (Lipinski definition) is 1. The highest BCUT2D eigenvalue weighted by molar-refractivity contribution is 4.82. The average molecular weight is 172 g/mol. The van der Waals surface area contributed by atoms with Crippen molar-refractivity contribution in [3.63, 3.8) is 0 Å². The number of ether oxygens (including phenoxy) is 1. The van der Waals surface area contributed by atoms with Gasteiger partial charge >= 0.3 is 0 Å². The first-order valence-electron chi connectivity index (χ1n) is 4.72. The van der Waals surface area contributed by atoms with Crippen LogP contribution in [0.25, 0.3) is 0 Å². The van der Waals surface area contributed by atoms with Crippen molar-refractivity contribution >= 4 is 0 Å². The van der Waals surface area contributed by atoms with Crippen LogP contribution in [0.5, 0.6) is 0 Å². The van der Waals surface area contributed by atoms with Gasteiger partial charge in [-0.15, -0.1) is 0 Å². The lowest BCUT2D eigenvalue weighted by Gasteiger charge is -2.36. The molecule has 1 fully saturated rings. The van der Waals surface area contributed by atoms with Gasteiger partial charge in [0.15, 0.2) is 0 Å². The summed E-state index contributed by atoms with van der Waals surface area (Å²) in [6.45, 7) is 5.57. The molecule has 0 aliphatic carbocycles. The van der Waals surface area contributed by atoms with E-state index < -0.39 is 0 Å². The van der Waals surface area contributed by atoms with Crippen LogP contribution in [0.3, 0.4) is 0 Å². The van der Waals surface area contributed by atoms with Gasteiger partial charge in [0.2, 0.25) is 0 Å². The zero-order chi connectivity index (χ0) is 8.97. The molecular formula is C9H20N2O. The molecule has 2 unspecified atom stereocenters. The molecule has 1 heterocycles. The van der Waals surface area contributed by atoms with Gasteiger partial charge in [-0.05, 0) is 20.0 Å². The molecule has 1 aliphatic heterocycles. The third-order valence-electron chi connectivity index (χ3n) is 2.68. The maximum absolute atomic E-state index is 5.37. The normalized spacial score (nSPS) is 32.2. The van der Waals surface area contributed by atoms with Gasteiger partial charge in [0.1, 0.15) is 0 Å². The Balaban J connectivity index is 2.41. The smallest absolute Gasteiger partial charge is 0.0713 e. The van der Waals surface area contributed by atoms with Crippen molar-refractivity contribution in [2.75, 3.05) is 33.8 Å². The second kappa shape index (κ2) is 4.80. The molecule has 1 aliphatic rings. The summed E-state index contributed by atoms with van der Waals surface area (Å²) in [7, 11) is 3.83. The summed E-state index contributed by atoms with van der Waals surface area (Å²) in [5, 5.41) is 3.31. The second-order valence-corrected chi connectivity index (χ2v) is 3.43. The Morgan fingerprint density at radius 2 is 2.25 bits per heavy atom. The van der Waals surface area contributed by atoms with Gasteiger partial charge < -0.3 is 10.1 Å². The van der Waals surface area contributed by atoms with E-state index in [0.717, 1.165) is 26.1 Å². The lowest BCUT2D eigenvalue weighted by molar-refractivity contribution is 0.0205. The quantitative estimate of drug-likeness (QED) is 0.663. The minimum atomic E-state index is 0.413. The minimum absolute atomic E-state index is 0.413. The first-order valence-corrected chi connectivity index (χ1v) is 4.72. The summed E-state index contributed by atoms with van der Waals surface area (Å²) in [6, 6.07) is 0.601. The van der Waals surface area contributed by atoms with E-state index in [-0.39, 0.29) is 0 Å². The van der Waals surface area contributed by atoms with Gasteiger partial charge in [-0.25, -0.2) is 0 Å². The molecule has 12 heavy (non-hydrogen) atoms. The summed E-state index contributed by atoms with van der Waals surface area (Å²) < 4.78 is 5.37. The average Bonchev–Trinajstić information content (AvgIpc) is 2.16. The summed E-state index contributed by atoms with van der Waals surface area (Å²) in [5.41, 5.74) is 0. The fourth-order valence-corrected chi connectivity index (χ4v) is 1.78. The van der Waals surface area contributed by atoms with Gasteiger partial charge in [0.05, 0.1) is 6.10 Å². The highest BCUT2D eigenvalue weighted by Gasteiger charge is 2.24. The molecule has 1 rings (SSSR count). The summed E-state index contributed by atoms with van der Waals surface area (Å²) in [4.78, 5) is 2.43. The molecule has 0 aromatic rings. The standard InChI is InChI=1S/C9H20N2O/c1-4-11-6-8(10-2)5-9(7-11)12-3/h8-10H,4-7H2,1-3H3. The zero-order valence-corrected chi connectivity index (χ0v) is 8.34. The zero-order valence-electron chi connectivity index (χ0n) is 8.34. The number of hydrogen-bond acceptors (Lipinski definition) is 3. The molecule has 0 amide bonds. The summed E-state index contributed by atoms with van der Waals surface area (Å²) >= 11 is 0. The molecule has 3 heteroatoms. The van der Waals surface area contributed by atoms with Gasteiger partial charge in [-0.1, -0.05) is 6.92 Å². The van der Waals surface area contributed by atoms with E-state index in [9.17, 15) is 0 Å². The Morgan fingerprint density at radius 1 is 1.50 bits per heavy atom. The highest BCUT2D eigenvalue weighted by Crippen LogP contribution is 2.12. The van der Waals surface area contributed by atoms with Crippen LogP contribution in [-0.4, -0.2) is 50.8 Å². The van der Waals surface area contributed by atoms with E-state index in [0.29, 0.717) is 12.1 Å². The maximum atomic E-state index is 5.37. The van der Waals surface area contributed by atoms with Gasteiger partial charge in [-0.2, -0.15) is 0 Å². The largest absolute Gasteiger partial charge is 0.380 e. The SMILES string of the molecule is CCN1CC(NC)CC(OC)C1. The molecular weight excluding hydrogens is 152 g/mol. The number of nitrogens with one attached hydrogen (secondary N) is 1. The van der Waals surface area contributed by atoms with Crippen LogP contribution in [0.2, 0.25) is 0 Å². The Kier molecular flexibility index (Phi) is 3.98. The third-order valence-corrected chi connectivity index (χ3v) is 2.68. The topological polar surface area (TPSA) is 24.5 Å². The van der Waals surface area contributed by atoms with Crippen LogP contribution in [0.15, 0.2) is 0 Å². The van der Waals surface area contributed by atoms with Crippen molar-refractivity contribution in [1.82, 2.24) is 10.2 Å². The Bertz CT molecular complexity index is 99.9. The minimum Gasteiger partial charge on any atom is -0.380 e. The van der Waals surface area contributed by atoms with E-state index in [2.05, 4.69) is 17.1 Å². The molecule has 72 valence electrons. The first kappa shape index (κ1) is 9.96. The third kappa shape index (κ3) is 2.44. The van der Waals surface area contributed by atoms with Crippen LogP contribution < -0.4 is 5.32 Å². The fourth-order valence-electron chi connectivity index (χ4n) is 1.78. The number of piperidine rings is 1. The molecule has 1 N–H and O–H groups in total. The number of rotatable bonds is 3. The molecule has 0 aromatic carbocycles. The van der Waals surface area contributed by atoms with Crippen molar-refractivity contribution in [3.05, 3.63) is 0 Å². The lowest BCUT2D eigenvalue weighted by Crippen LogP contribution is -2.50. The fraction of sp³-hybridized carbons (Fsp3) is 1.00. The van der Waals surface area contributed by atoms with Crippen molar-refractivity contribution in [2.24, 2.45) is 0 Å². The Hall–Kier alpha value is -0.120. The van der Waals surface area contributed by atoms with Crippen molar-refractivity contribution in [3.8, 4) is 0 Å². The van der Waals surface area contributed by atoms with E-state index in [1.54, 1.807) is 7.11 Å². The monoisotopic (exact) mass is 172 g/mol. The van der Waals surface area contributed by atoms with Crippen LogP contribution in [-0.2, 0) is 4.74 Å². The lowest BCUT2D eigenvalue weighted by atomic mass is 10.0. The number of methoxy groups -OCH3 is 1. The molecule has 0 saturated carbocycles. The predicted molar refractivity (Wildman–Crippen MR) is 50.4 cm³/mol. The predicted octanol–water partition coefficient (Wildman–Crippen LogP) is 0.315. The number of nitrogens with zero attached hydrogens (tertiary/aromatic N) is 1. The number of likely N-dealkylation sites (N-methyl/N-ethyl adjacent to an activating group) is 2. The van der Waals surface area contributed by atoms with Gasteiger partial charge in [-0.3, -0.25) is 4.90 Å². The molecule has 0 radical (unpaired) electrons. The Labute approximate surface area is 75.1 Å². The van der Waals surface area contributed by atoms with Crippen LogP contribution in [0.4, 0.5) is 0 Å².